The third-order valence-electron chi connectivity index (χ3n) is 10.1. The number of fused-ring (bicyclic) bond motifs is 1. The number of aromatic amines is 1. The van der Waals surface area contributed by atoms with Gasteiger partial charge in [0, 0.05) is 29.9 Å². The Labute approximate surface area is 345 Å². The number of amides is 5. The molecule has 14 heteroatoms. The monoisotopic (exact) mass is 809 g/mol. The second-order valence-corrected chi connectivity index (χ2v) is 16.2. The molecule has 14 nitrogen and oxygen atoms in total. The Morgan fingerprint density at radius 3 is 1.54 bits per heavy atom. The first-order valence-electron chi connectivity index (χ1n) is 20.2. The Morgan fingerprint density at radius 2 is 1.02 bits per heavy atom. The van der Waals surface area contributed by atoms with Crippen LogP contribution in [0.3, 0.4) is 0 Å². The molecular formula is C45H59N7O7. The minimum absolute atomic E-state index is 0.00600. The fourth-order valence-corrected chi connectivity index (χ4v) is 6.82. The summed E-state index contributed by atoms with van der Waals surface area (Å²) in [6.45, 7) is 10.6. The van der Waals surface area contributed by atoms with Gasteiger partial charge >= 0.3 is 5.97 Å². The highest BCUT2D eigenvalue weighted by Crippen LogP contribution is 2.19. The van der Waals surface area contributed by atoms with Crippen molar-refractivity contribution in [1.29, 1.82) is 0 Å². The van der Waals surface area contributed by atoms with E-state index in [1.807, 2.05) is 56.4 Å². The molecule has 1 heterocycles. The number of carbonyl (C=O) groups excluding carboxylic acids is 5. The topological polar surface area (TPSA) is 225 Å². The van der Waals surface area contributed by atoms with Crippen molar-refractivity contribution in [1.82, 2.24) is 31.6 Å². The Balaban J connectivity index is 1.53. The Morgan fingerprint density at radius 1 is 0.559 bits per heavy atom. The molecule has 0 aliphatic rings. The van der Waals surface area contributed by atoms with E-state index in [1.54, 1.807) is 76.2 Å². The van der Waals surface area contributed by atoms with Gasteiger partial charge in [-0.1, -0.05) is 120 Å². The number of benzene rings is 3. The number of hydrogen-bond acceptors (Lipinski definition) is 7. The van der Waals surface area contributed by atoms with E-state index in [0.29, 0.717) is 0 Å². The predicted octanol–water partition coefficient (Wildman–Crippen LogP) is 3.39. The maximum Gasteiger partial charge on any atom is 0.326 e. The van der Waals surface area contributed by atoms with E-state index in [2.05, 4.69) is 31.6 Å². The smallest absolute Gasteiger partial charge is 0.326 e. The lowest BCUT2D eigenvalue weighted by atomic mass is 9.98. The van der Waals surface area contributed by atoms with Gasteiger partial charge in [-0.15, -0.1) is 0 Å². The summed E-state index contributed by atoms with van der Waals surface area (Å²) in [7, 11) is 0. The van der Waals surface area contributed by atoms with Crippen LogP contribution in [0.25, 0.3) is 10.9 Å². The second kappa shape index (κ2) is 21.7. The summed E-state index contributed by atoms with van der Waals surface area (Å²) in [4.78, 5) is 84.5. The number of aromatic nitrogens is 1. The van der Waals surface area contributed by atoms with Crippen LogP contribution in [0.2, 0.25) is 0 Å². The lowest BCUT2D eigenvalue weighted by Gasteiger charge is -2.29. The number of carbonyl (C=O) groups is 6. The van der Waals surface area contributed by atoms with Crippen molar-refractivity contribution in [2.24, 2.45) is 23.5 Å². The lowest BCUT2D eigenvalue weighted by molar-refractivity contribution is -0.143. The van der Waals surface area contributed by atoms with Crippen LogP contribution in [0, 0.1) is 17.8 Å². The van der Waals surface area contributed by atoms with Gasteiger partial charge in [0.15, 0.2) is 0 Å². The van der Waals surface area contributed by atoms with Gasteiger partial charge < -0.3 is 42.4 Å². The van der Waals surface area contributed by atoms with E-state index in [4.69, 9.17) is 5.73 Å². The van der Waals surface area contributed by atoms with Crippen molar-refractivity contribution < 1.29 is 33.9 Å². The molecular weight excluding hydrogens is 751 g/mol. The van der Waals surface area contributed by atoms with Gasteiger partial charge in [0.05, 0.1) is 6.04 Å². The third kappa shape index (κ3) is 13.5. The number of para-hydroxylation sites is 1. The maximum atomic E-state index is 14.2. The highest BCUT2D eigenvalue weighted by molar-refractivity contribution is 5.97. The molecule has 0 saturated carbocycles. The summed E-state index contributed by atoms with van der Waals surface area (Å²) >= 11 is 0. The minimum Gasteiger partial charge on any atom is -0.480 e. The number of aliphatic carboxylic acids is 1. The number of nitrogens with one attached hydrogen (secondary N) is 6. The summed E-state index contributed by atoms with van der Waals surface area (Å²) in [5.41, 5.74) is 9.58. The Hall–Kier alpha value is -6.02. The molecule has 0 unspecified atom stereocenters. The molecule has 0 spiro atoms. The Bertz CT molecular complexity index is 2030. The van der Waals surface area contributed by atoms with Gasteiger partial charge in [-0.05, 0) is 53.4 Å². The molecule has 0 saturated heterocycles. The summed E-state index contributed by atoms with van der Waals surface area (Å²) in [6, 6.07) is 19.0. The average Bonchev–Trinajstić information content (AvgIpc) is 3.60. The third-order valence-corrected chi connectivity index (χ3v) is 10.1. The van der Waals surface area contributed by atoms with Gasteiger partial charge in [0.1, 0.15) is 30.2 Å². The summed E-state index contributed by atoms with van der Waals surface area (Å²) in [6.07, 6.45) is 2.41. The molecule has 3 aromatic carbocycles. The molecule has 9 N–H and O–H groups in total. The van der Waals surface area contributed by atoms with Crippen LogP contribution >= 0.6 is 0 Å². The van der Waals surface area contributed by atoms with Crippen molar-refractivity contribution in [3.63, 3.8) is 0 Å². The first-order valence-corrected chi connectivity index (χ1v) is 20.2. The second-order valence-electron chi connectivity index (χ2n) is 16.2. The number of carboxylic acid groups (broad SMARTS) is 1. The molecule has 0 aliphatic carbocycles. The molecule has 0 radical (unpaired) electrons. The lowest BCUT2D eigenvalue weighted by Crippen LogP contribution is -2.61. The van der Waals surface area contributed by atoms with E-state index in [-0.39, 0.29) is 31.6 Å². The molecule has 0 bridgehead atoms. The standard InChI is InChI=1S/C45H59N7O7/c1-26(2)21-35(48-40(53)33(46)24-31-25-47-34-20-14-13-19-32(31)34)42(55)51-38(27(3)4)44(57)50-36(22-29-15-9-7-10-16-29)41(54)49-37(23-30-17-11-8-12-18-30)43(56)52-39(28(5)6)45(58)59/h7-20,25-28,33,35-39,47H,21-24,46H2,1-6H3,(H,48,53)(H,49,54)(H,50,57)(H,51,55)(H,52,56)(H,58,59)/t33-,35-,36-,37-,38-,39-/m0/s1. The summed E-state index contributed by atoms with van der Waals surface area (Å²) in [5.74, 6) is -5.22. The molecule has 0 fully saturated rings. The predicted molar refractivity (Wildman–Crippen MR) is 227 cm³/mol. The van der Waals surface area contributed by atoms with E-state index in [1.165, 1.54) is 0 Å². The summed E-state index contributed by atoms with van der Waals surface area (Å²) < 4.78 is 0. The average molecular weight is 810 g/mol. The number of carboxylic acids is 1. The largest absolute Gasteiger partial charge is 0.480 e. The molecule has 1 aromatic heterocycles. The van der Waals surface area contributed by atoms with E-state index >= 15 is 0 Å². The van der Waals surface area contributed by atoms with Gasteiger partial charge in [0.25, 0.3) is 0 Å². The van der Waals surface area contributed by atoms with Crippen molar-refractivity contribution >= 4 is 46.4 Å². The van der Waals surface area contributed by atoms with Crippen LogP contribution in [0.5, 0.6) is 0 Å². The molecule has 4 aromatic rings. The van der Waals surface area contributed by atoms with Gasteiger partial charge in [-0.3, -0.25) is 24.0 Å². The van der Waals surface area contributed by atoms with E-state index in [0.717, 1.165) is 27.6 Å². The number of rotatable bonds is 21. The van der Waals surface area contributed by atoms with Crippen LogP contribution < -0.4 is 32.3 Å². The molecule has 316 valence electrons. The van der Waals surface area contributed by atoms with Crippen molar-refractivity contribution in [2.75, 3.05) is 0 Å². The van der Waals surface area contributed by atoms with Crippen molar-refractivity contribution in [3.05, 3.63) is 108 Å². The first kappa shape index (κ1) is 45.7. The zero-order chi connectivity index (χ0) is 43.2. The van der Waals surface area contributed by atoms with E-state index in [9.17, 15) is 33.9 Å². The molecule has 59 heavy (non-hydrogen) atoms. The van der Waals surface area contributed by atoms with Crippen LogP contribution in [0.4, 0.5) is 0 Å². The van der Waals surface area contributed by atoms with Gasteiger partial charge in [0.2, 0.25) is 29.5 Å². The molecule has 0 aliphatic heterocycles. The van der Waals surface area contributed by atoms with Crippen LogP contribution in [0.15, 0.2) is 91.1 Å². The number of hydrogen-bond donors (Lipinski definition) is 8. The zero-order valence-corrected chi connectivity index (χ0v) is 34.7. The van der Waals surface area contributed by atoms with Crippen LogP contribution in [-0.2, 0) is 48.0 Å². The minimum atomic E-state index is -1.21. The SMILES string of the molecule is CC(C)C[C@H](NC(=O)[C@@H](N)Cc1c[nH]c2ccccc12)C(=O)N[C@H](C(=O)N[C@@H](Cc1ccccc1)C(=O)N[C@@H](Cc1ccccc1)C(=O)N[C@H](C(=O)O)C(C)C)C(C)C. The van der Waals surface area contributed by atoms with Crippen LogP contribution in [0.1, 0.15) is 64.7 Å². The fraction of sp³-hybridized carbons (Fsp3) is 0.422. The van der Waals surface area contributed by atoms with Gasteiger partial charge in [-0.25, -0.2) is 4.79 Å². The maximum absolute atomic E-state index is 14.2. The van der Waals surface area contributed by atoms with Gasteiger partial charge in [-0.2, -0.15) is 0 Å². The highest BCUT2D eigenvalue weighted by Gasteiger charge is 2.35. The zero-order valence-electron chi connectivity index (χ0n) is 34.7. The molecule has 5 amide bonds. The first-order chi connectivity index (χ1) is 28.0. The number of H-pyrrole nitrogens is 1. The molecule has 6 atom stereocenters. The van der Waals surface area contributed by atoms with Crippen molar-refractivity contribution in [3.8, 4) is 0 Å². The fourth-order valence-electron chi connectivity index (χ4n) is 6.82. The highest BCUT2D eigenvalue weighted by atomic mass is 16.4. The summed E-state index contributed by atoms with van der Waals surface area (Å²) in [5, 5.41) is 24.5. The normalized spacial score (nSPS) is 14.5. The van der Waals surface area contributed by atoms with E-state index < -0.39 is 83.6 Å². The van der Waals surface area contributed by atoms with Crippen LogP contribution in [-0.4, -0.2) is 81.8 Å². The van der Waals surface area contributed by atoms with Crippen molar-refractivity contribution in [2.45, 2.75) is 103 Å². The quantitative estimate of drug-likeness (QED) is 0.0622. The Kier molecular flexibility index (Phi) is 16.8. The number of nitrogens with two attached hydrogens (primary N) is 1. The molecule has 4 rings (SSSR count).